The number of amides is 2. The zero-order valence-corrected chi connectivity index (χ0v) is 12.6. The number of fused-ring (bicyclic) bond motifs is 1. The number of nitrogens with one attached hydrogen (secondary N) is 2. The Morgan fingerprint density at radius 3 is 2.87 bits per heavy atom. The molecule has 0 bridgehead atoms. The molecular formula is C14H15N7O2. The molecule has 0 saturated heterocycles. The van der Waals surface area contributed by atoms with Gasteiger partial charge < -0.3 is 15.2 Å². The molecule has 0 atom stereocenters. The molecular weight excluding hydrogens is 298 g/mol. The fourth-order valence-corrected chi connectivity index (χ4v) is 2.15. The van der Waals surface area contributed by atoms with Gasteiger partial charge in [0.15, 0.2) is 5.82 Å². The summed E-state index contributed by atoms with van der Waals surface area (Å²) in [6, 6.07) is 5.49. The number of benzene rings is 1. The molecule has 9 heteroatoms. The fraction of sp³-hybridized carbons (Fsp3) is 0.214. The van der Waals surface area contributed by atoms with Crippen molar-refractivity contribution in [2.45, 2.75) is 13.5 Å². The third-order valence-corrected chi connectivity index (χ3v) is 3.13. The van der Waals surface area contributed by atoms with Crippen molar-refractivity contribution in [2.75, 3.05) is 10.6 Å². The monoisotopic (exact) mass is 313 g/mol. The minimum atomic E-state index is -0.273. The quantitative estimate of drug-likeness (QED) is 0.739. The Kier molecular flexibility index (Phi) is 3.75. The van der Waals surface area contributed by atoms with E-state index < -0.39 is 0 Å². The Balaban J connectivity index is 1.66. The van der Waals surface area contributed by atoms with Crippen LogP contribution in [-0.2, 0) is 23.2 Å². The van der Waals surface area contributed by atoms with Gasteiger partial charge in [-0.2, -0.15) is 9.90 Å². The van der Waals surface area contributed by atoms with E-state index in [0.29, 0.717) is 11.5 Å². The highest BCUT2D eigenvalue weighted by atomic mass is 16.2. The summed E-state index contributed by atoms with van der Waals surface area (Å²) in [6.45, 7) is 1.32. The Morgan fingerprint density at radius 2 is 2.09 bits per heavy atom. The lowest BCUT2D eigenvalue weighted by Crippen LogP contribution is -2.20. The number of imidazole rings is 1. The average molecular weight is 313 g/mol. The molecule has 0 saturated carbocycles. The van der Waals surface area contributed by atoms with Crippen molar-refractivity contribution < 1.29 is 9.59 Å². The maximum absolute atomic E-state index is 12.0. The Morgan fingerprint density at radius 1 is 1.26 bits per heavy atom. The number of hydrogen-bond donors (Lipinski definition) is 2. The van der Waals surface area contributed by atoms with Gasteiger partial charge in [-0.05, 0) is 18.2 Å². The van der Waals surface area contributed by atoms with Gasteiger partial charge >= 0.3 is 0 Å². The van der Waals surface area contributed by atoms with Gasteiger partial charge in [0.25, 0.3) is 0 Å². The molecule has 3 rings (SSSR count). The molecule has 1 aromatic carbocycles. The van der Waals surface area contributed by atoms with Crippen LogP contribution in [0, 0.1) is 0 Å². The lowest BCUT2D eigenvalue weighted by atomic mass is 10.2. The van der Waals surface area contributed by atoms with Crippen LogP contribution in [0.1, 0.15) is 6.92 Å². The molecule has 0 aliphatic carbocycles. The molecule has 0 aliphatic heterocycles. The van der Waals surface area contributed by atoms with Gasteiger partial charge in [-0.1, -0.05) is 0 Å². The third-order valence-electron chi connectivity index (χ3n) is 3.13. The van der Waals surface area contributed by atoms with Crippen LogP contribution >= 0.6 is 0 Å². The number of rotatable bonds is 4. The van der Waals surface area contributed by atoms with Crippen molar-refractivity contribution in [1.82, 2.24) is 24.5 Å². The summed E-state index contributed by atoms with van der Waals surface area (Å²) in [5.74, 6) is -0.212. The van der Waals surface area contributed by atoms with Crippen LogP contribution in [0.3, 0.4) is 0 Å². The van der Waals surface area contributed by atoms with Crippen LogP contribution in [0.5, 0.6) is 0 Å². The van der Waals surface area contributed by atoms with Gasteiger partial charge in [0, 0.05) is 19.7 Å². The molecule has 9 nitrogen and oxygen atoms in total. The Hall–Kier alpha value is -3.23. The van der Waals surface area contributed by atoms with Gasteiger partial charge in [0.2, 0.25) is 11.8 Å². The highest BCUT2D eigenvalue weighted by Gasteiger charge is 2.08. The second-order valence-corrected chi connectivity index (χ2v) is 5.05. The molecule has 3 aromatic rings. The average Bonchev–Trinajstić information content (AvgIpc) is 3.05. The summed E-state index contributed by atoms with van der Waals surface area (Å²) >= 11 is 0. The predicted molar refractivity (Wildman–Crippen MR) is 83.7 cm³/mol. The predicted octanol–water partition coefficient (Wildman–Crippen LogP) is 0.762. The van der Waals surface area contributed by atoms with Crippen LogP contribution < -0.4 is 10.6 Å². The van der Waals surface area contributed by atoms with E-state index in [2.05, 4.69) is 25.8 Å². The highest BCUT2D eigenvalue weighted by molar-refractivity contribution is 5.93. The maximum atomic E-state index is 12.0. The van der Waals surface area contributed by atoms with E-state index >= 15 is 0 Å². The number of nitrogens with zero attached hydrogens (tertiary/aromatic N) is 5. The van der Waals surface area contributed by atoms with Crippen molar-refractivity contribution in [1.29, 1.82) is 0 Å². The van der Waals surface area contributed by atoms with Crippen LogP contribution in [0.4, 0.5) is 11.5 Å². The van der Waals surface area contributed by atoms with E-state index in [-0.39, 0.29) is 18.4 Å². The van der Waals surface area contributed by atoms with E-state index in [4.69, 9.17) is 0 Å². The first kappa shape index (κ1) is 14.7. The number of carbonyl (C=O) groups excluding carboxylic acids is 2. The first-order chi connectivity index (χ1) is 11.0. The fourth-order valence-electron chi connectivity index (χ4n) is 2.15. The normalized spacial score (nSPS) is 10.7. The molecule has 2 heterocycles. The second-order valence-electron chi connectivity index (χ2n) is 5.05. The summed E-state index contributed by atoms with van der Waals surface area (Å²) in [4.78, 5) is 28.4. The highest BCUT2D eigenvalue weighted by Crippen LogP contribution is 2.17. The SMILES string of the molecule is CC(=O)Nc1cnn(CC(=O)Nc2ccc3c(c2)ncn3C)n1. The molecule has 0 unspecified atom stereocenters. The molecule has 2 N–H and O–H groups in total. The zero-order valence-electron chi connectivity index (χ0n) is 12.6. The summed E-state index contributed by atoms with van der Waals surface area (Å²) in [5.41, 5.74) is 2.43. The molecule has 2 aromatic heterocycles. The molecule has 0 fully saturated rings. The zero-order chi connectivity index (χ0) is 16.4. The standard InChI is InChI=1S/C14H15N7O2/c1-9(22)17-13-6-16-21(19-13)7-14(23)18-10-3-4-12-11(5-10)15-8-20(12)2/h3-6,8H,7H2,1-2H3,(H,18,23)(H,17,19,22). The van der Waals surface area contributed by atoms with Crippen molar-refractivity contribution in [3.05, 3.63) is 30.7 Å². The lowest BCUT2D eigenvalue weighted by molar-refractivity contribution is -0.117. The molecule has 23 heavy (non-hydrogen) atoms. The van der Waals surface area contributed by atoms with E-state index in [1.165, 1.54) is 17.9 Å². The molecule has 0 radical (unpaired) electrons. The summed E-state index contributed by atoms with van der Waals surface area (Å²) in [6.07, 6.45) is 3.10. The number of carbonyl (C=O) groups is 2. The maximum Gasteiger partial charge on any atom is 0.247 e. The Bertz CT molecular complexity index is 880. The number of aryl methyl sites for hydroxylation is 1. The van der Waals surface area contributed by atoms with E-state index in [1.807, 2.05) is 17.7 Å². The molecule has 118 valence electrons. The van der Waals surface area contributed by atoms with Gasteiger partial charge in [-0.15, -0.1) is 5.10 Å². The first-order valence-electron chi connectivity index (χ1n) is 6.90. The lowest BCUT2D eigenvalue weighted by Gasteiger charge is -2.05. The van der Waals surface area contributed by atoms with Crippen LogP contribution in [0.2, 0.25) is 0 Å². The van der Waals surface area contributed by atoms with Gasteiger partial charge in [-0.3, -0.25) is 9.59 Å². The third kappa shape index (κ3) is 3.34. The number of hydrogen-bond acceptors (Lipinski definition) is 5. The topological polar surface area (TPSA) is 107 Å². The molecule has 0 aliphatic rings. The van der Waals surface area contributed by atoms with Gasteiger partial charge in [0.1, 0.15) is 6.54 Å². The smallest absolute Gasteiger partial charge is 0.247 e. The van der Waals surface area contributed by atoms with Crippen molar-refractivity contribution in [3.63, 3.8) is 0 Å². The summed E-state index contributed by atoms with van der Waals surface area (Å²) < 4.78 is 1.90. The Labute approximate surface area is 131 Å². The molecule has 2 amide bonds. The van der Waals surface area contributed by atoms with Gasteiger partial charge in [0.05, 0.1) is 23.6 Å². The van der Waals surface area contributed by atoms with Crippen LogP contribution in [-0.4, -0.2) is 36.4 Å². The van der Waals surface area contributed by atoms with E-state index in [9.17, 15) is 9.59 Å². The van der Waals surface area contributed by atoms with Crippen molar-refractivity contribution in [3.8, 4) is 0 Å². The summed E-state index contributed by atoms with van der Waals surface area (Å²) in [7, 11) is 1.91. The van der Waals surface area contributed by atoms with Crippen molar-refractivity contribution >= 4 is 34.4 Å². The van der Waals surface area contributed by atoms with Gasteiger partial charge in [-0.25, -0.2) is 4.98 Å². The number of aromatic nitrogens is 5. The molecule has 0 spiro atoms. The minimum absolute atomic E-state index is 0.0557. The summed E-state index contributed by atoms with van der Waals surface area (Å²) in [5, 5.41) is 13.2. The van der Waals surface area contributed by atoms with Crippen LogP contribution in [0.15, 0.2) is 30.7 Å². The first-order valence-corrected chi connectivity index (χ1v) is 6.90. The second kappa shape index (κ2) is 5.87. The van der Waals surface area contributed by atoms with E-state index in [0.717, 1.165) is 11.0 Å². The number of anilines is 2. The van der Waals surface area contributed by atoms with Crippen molar-refractivity contribution in [2.24, 2.45) is 7.05 Å². The minimum Gasteiger partial charge on any atom is -0.334 e. The van der Waals surface area contributed by atoms with E-state index in [1.54, 1.807) is 18.5 Å². The largest absolute Gasteiger partial charge is 0.334 e. The van der Waals surface area contributed by atoms with Crippen LogP contribution in [0.25, 0.3) is 11.0 Å².